The smallest absolute Gasteiger partial charge is 0.283 e. The largest absolute Gasteiger partial charge is 0.385 e. The summed E-state index contributed by atoms with van der Waals surface area (Å²) < 4.78 is 7.24. The van der Waals surface area contributed by atoms with Crippen LogP contribution in [0.15, 0.2) is 15.5 Å². The molecule has 0 aliphatic carbocycles. The number of aliphatic hydroxyl groups is 1. The normalized spacial score (nSPS) is 25.9. The van der Waals surface area contributed by atoms with Crippen LogP contribution < -0.4 is 10.9 Å². The van der Waals surface area contributed by atoms with Gasteiger partial charge in [0.25, 0.3) is 5.56 Å². The van der Waals surface area contributed by atoms with Crippen molar-refractivity contribution >= 4 is 21.6 Å². The van der Waals surface area contributed by atoms with Gasteiger partial charge in [0.15, 0.2) is 0 Å². The molecule has 0 radical (unpaired) electrons. The molecule has 0 amide bonds. The molecule has 1 aliphatic rings. The van der Waals surface area contributed by atoms with Crippen LogP contribution in [0.5, 0.6) is 0 Å². The molecule has 0 spiro atoms. The molecule has 6 nitrogen and oxygen atoms in total. The topological polar surface area (TPSA) is 76.4 Å². The fourth-order valence-corrected chi connectivity index (χ4v) is 2.66. The van der Waals surface area contributed by atoms with Crippen molar-refractivity contribution in [2.75, 3.05) is 18.5 Å². The Morgan fingerprint density at radius 3 is 3.05 bits per heavy atom. The summed E-state index contributed by atoms with van der Waals surface area (Å²) >= 11 is 3.29. The van der Waals surface area contributed by atoms with Gasteiger partial charge in [0, 0.05) is 26.1 Å². The first kappa shape index (κ1) is 15.5. The van der Waals surface area contributed by atoms with Crippen LogP contribution in [0, 0.1) is 0 Å². The van der Waals surface area contributed by atoms with Gasteiger partial charge >= 0.3 is 0 Å². The van der Waals surface area contributed by atoms with E-state index in [1.807, 2.05) is 13.8 Å². The zero-order valence-electron chi connectivity index (χ0n) is 11.7. The molecule has 2 rings (SSSR count). The van der Waals surface area contributed by atoms with Crippen LogP contribution in [-0.4, -0.2) is 39.7 Å². The van der Waals surface area contributed by atoms with E-state index in [1.54, 1.807) is 6.20 Å². The van der Waals surface area contributed by atoms with Crippen molar-refractivity contribution in [2.24, 2.45) is 0 Å². The van der Waals surface area contributed by atoms with Gasteiger partial charge < -0.3 is 15.2 Å². The van der Waals surface area contributed by atoms with Crippen molar-refractivity contribution < 1.29 is 9.84 Å². The number of hydrogen-bond acceptors (Lipinski definition) is 5. The highest BCUT2D eigenvalue weighted by atomic mass is 79.9. The third-order valence-electron chi connectivity index (χ3n) is 3.66. The third-order valence-corrected chi connectivity index (χ3v) is 4.43. The van der Waals surface area contributed by atoms with E-state index in [9.17, 15) is 9.90 Å². The lowest BCUT2D eigenvalue weighted by Gasteiger charge is -2.26. The summed E-state index contributed by atoms with van der Waals surface area (Å²) in [5.41, 5.74) is -0.480. The molecule has 112 valence electrons. The van der Waals surface area contributed by atoms with Crippen LogP contribution >= 0.6 is 15.9 Å². The summed E-state index contributed by atoms with van der Waals surface area (Å²) in [6.07, 6.45) is 2.81. The Balaban J connectivity index is 2.11. The zero-order valence-corrected chi connectivity index (χ0v) is 13.3. The third kappa shape index (κ3) is 3.05. The minimum Gasteiger partial charge on any atom is -0.385 e. The molecule has 0 aromatic carbocycles. The maximum absolute atomic E-state index is 12.0. The molecule has 1 aromatic rings. The van der Waals surface area contributed by atoms with E-state index in [4.69, 9.17) is 4.74 Å². The maximum Gasteiger partial charge on any atom is 0.283 e. The van der Waals surface area contributed by atoms with Gasteiger partial charge in [0.05, 0.1) is 18.0 Å². The number of nitrogens with one attached hydrogen (secondary N) is 1. The van der Waals surface area contributed by atoms with E-state index in [2.05, 4.69) is 26.3 Å². The first-order chi connectivity index (χ1) is 9.48. The molecule has 0 saturated carbocycles. The number of anilines is 1. The SMILES string of the molecule is CCCn1ncc(NCC2(O)CCOC2C)c(Br)c1=O. The Labute approximate surface area is 126 Å². The monoisotopic (exact) mass is 345 g/mol. The van der Waals surface area contributed by atoms with Crippen molar-refractivity contribution in [1.82, 2.24) is 9.78 Å². The average molecular weight is 346 g/mol. The highest BCUT2D eigenvalue weighted by Gasteiger charge is 2.39. The van der Waals surface area contributed by atoms with Crippen LogP contribution in [0.1, 0.15) is 26.7 Å². The molecule has 20 heavy (non-hydrogen) atoms. The molecular formula is C13H20BrN3O3. The van der Waals surface area contributed by atoms with Crippen LogP contribution in [0.3, 0.4) is 0 Å². The van der Waals surface area contributed by atoms with E-state index in [1.165, 1.54) is 4.68 Å². The lowest BCUT2D eigenvalue weighted by Crippen LogP contribution is -2.43. The Kier molecular flexibility index (Phi) is 4.82. The van der Waals surface area contributed by atoms with E-state index < -0.39 is 5.60 Å². The number of aryl methyl sites for hydroxylation is 1. The van der Waals surface area contributed by atoms with Crippen LogP contribution in [0.2, 0.25) is 0 Å². The Morgan fingerprint density at radius 2 is 2.45 bits per heavy atom. The molecule has 2 N–H and O–H groups in total. The second-order valence-electron chi connectivity index (χ2n) is 5.12. The van der Waals surface area contributed by atoms with Crippen molar-refractivity contribution in [3.05, 3.63) is 21.0 Å². The summed E-state index contributed by atoms with van der Waals surface area (Å²) in [6.45, 7) is 5.31. The number of aromatic nitrogens is 2. The lowest BCUT2D eigenvalue weighted by molar-refractivity contribution is -0.0176. The summed E-state index contributed by atoms with van der Waals surface area (Å²) in [5, 5.41) is 17.6. The summed E-state index contributed by atoms with van der Waals surface area (Å²) in [6, 6.07) is 0. The van der Waals surface area contributed by atoms with E-state index in [-0.39, 0.29) is 11.7 Å². The Bertz CT molecular complexity index is 534. The van der Waals surface area contributed by atoms with Gasteiger partial charge in [-0.15, -0.1) is 0 Å². The number of ether oxygens (including phenoxy) is 1. The van der Waals surface area contributed by atoms with Crippen molar-refractivity contribution in [2.45, 2.75) is 44.9 Å². The molecule has 0 bridgehead atoms. The number of rotatable bonds is 5. The second kappa shape index (κ2) is 6.24. The summed E-state index contributed by atoms with van der Waals surface area (Å²) in [4.78, 5) is 12.0. The van der Waals surface area contributed by atoms with Gasteiger partial charge in [-0.2, -0.15) is 5.10 Å². The molecule has 7 heteroatoms. The van der Waals surface area contributed by atoms with Gasteiger partial charge in [0.1, 0.15) is 10.1 Å². The van der Waals surface area contributed by atoms with E-state index in [0.29, 0.717) is 36.3 Å². The van der Waals surface area contributed by atoms with Crippen molar-refractivity contribution in [3.63, 3.8) is 0 Å². The average Bonchev–Trinajstić information content (AvgIpc) is 2.75. The molecule has 1 aliphatic heterocycles. The van der Waals surface area contributed by atoms with Crippen molar-refractivity contribution in [1.29, 1.82) is 0 Å². The second-order valence-corrected chi connectivity index (χ2v) is 5.91. The molecule has 1 fully saturated rings. The molecule has 2 heterocycles. The van der Waals surface area contributed by atoms with Gasteiger partial charge in [0.2, 0.25) is 0 Å². The van der Waals surface area contributed by atoms with Gasteiger partial charge in [-0.3, -0.25) is 4.79 Å². The fourth-order valence-electron chi connectivity index (χ4n) is 2.21. The first-order valence-electron chi connectivity index (χ1n) is 6.81. The van der Waals surface area contributed by atoms with Gasteiger partial charge in [-0.25, -0.2) is 4.68 Å². The quantitative estimate of drug-likeness (QED) is 0.842. The standard InChI is InChI=1S/C13H20BrN3O3/c1-3-5-17-12(18)11(14)10(7-16-17)15-8-13(19)4-6-20-9(13)2/h7,9,15,19H,3-6,8H2,1-2H3. The van der Waals surface area contributed by atoms with Gasteiger partial charge in [-0.1, -0.05) is 6.92 Å². The van der Waals surface area contributed by atoms with E-state index >= 15 is 0 Å². The zero-order chi connectivity index (χ0) is 14.8. The van der Waals surface area contributed by atoms with Crippen LogP contribution in [0.4, 0.5) is 5.69 Å². The Hall–Kier alpha value is -0.920. The fraction of sp³-hybridized carbons (Fsp3) is 0.692. The summed E-state index contributed by atoms with van der Waals surface area (Å²) in [5.74, 6) is 0. The van der Waals surface area contributed by atoms with Crippen LogP contribution in [0.25, 0.3) is 0 Å². The molecule has 1 saturated heterocycles. The van der Waals surface area contributed by atoms with Crippen molar-refractivity contribution in [3.8, 4) is 0 Å². The molecular weight excluding hydrogens is 326 g/mol. The first-order valence-corrected chi connectivity index (χ1v) is 7.60. The van der Waals surface area contributed by atoms with Crippen LogP contribution in [-0.2, 0) is 11.3 Å². The number of nitrogens with zero attached hydrogens (tertiary/aromatic N) is 2. The molecule has 1 aromatic heterocycles. The van der Waals surface area contributed by atoms with Gasteiger partial charge in [-0.05, 0) is 29.3 Å². The minimum atomic E-state index is -0.905. The highest BCUT2D eigenvalue weighted by Crippen LogP contribution is 2.27. The maximum atomic E-state index is 12.0. The minimum absolute atomic E-state index is 0.167. The van der Waals surface area contributed by atoms with E-state index in [0.717, 1.165) is 6.42 Å². The summed E-state index contributed by atoms with van der Waals surface area (Å²) in [7, 11) is 0. The Morgan fingerprint density at radius 1 is 1.70 bits per heavy atom. The number of halogens is 1. The molecule has 2 unspecified atom stereocenters. The predicted molar refractivity (Wildman–Crippen MR) is 80.0 cm³/mol. The molecule has 2 atom stereocenters. The highest BCUT2D eigenvalue weighted by molar-refractivity contribution is 9.10. The predicted octanol–water partition coefficient (Wildman–Crippen LogP) is 1.37. The lowest BCUT2D eigenvalue weighted by atomic mass is 9.97. The number of hydrogen-bond donors (Lipinski definition) is 2.